The molecule has 0 saturated carbocycles. The molecule has 0 aliphatic rings. The summed E-state index contributed by atoms with van der Waals surface area (Å²) in [6.07, 6.45) is 4.90. The summed E-state index contributed by atoms with van der Waals surface area (Å²) in [4.78, 5) is 2.47. The van der Waals surface area contributed by atoms with Crippen LogP contribution >= 0.6 is 23.5 Å². The second-order valence-corrected chi connectivity index (χ2v) is 8.68. The molecule has 2 rings (SSSR count). The molecule has 2 aromatic carbocycles. The van der Waals surface area contributed by atoms with E-state index in [2.05, 4.69) is 62.4 Å². The van der Waals surface area contributed by atoms with Gasteiger partial charge in [-0.25, -0.2) is 0 Å². The molecule has 134 valence electrons. The van der Waals surface area contributed by atoms with Crippen LogP contribution in [0.5, 0.6) is 0 Å². The van der Waals surface area contributed by atoms with Gasteiger partial charge in [0.1, 0.15) is 0 Å². The van der Waals surface area contributed by atoms with Crippen LogP contribution in [0.4, 0.5) is 0 Å². The van der Waals surface area contributed by atoms with Crippen LogP contribution in [0, 0.1) is 0 Å². The Morgan fingerprint density at radius 1 is 0.880 bits per heavy atom. The molecular formula is C22H28OS2. The average molecular weight is 373 g/mol. The van der Waals surface area contributed by atoms with E-state index in [1.165, 1.54) is 32.4 Å². The Morgan fingerprint density at radius 3 is 1.88 bits per heavy atom. The van der Waals surface area contributed by atoms with E-state index in [9.17, 15) is 5.11 Å². The van der Waals surface area contributed by atoms with Crippen LogP contribution in [0.1, 0.15) is 46.0 Å². The molecule has 0 amide bonds. The zero-order valence-electron chi connectivity index (χ0n) is 15.2. The lowest BCUT2D eigenvalue weighted by molar-refractivity contribution is 0.161. The smallest absolute Gasteiger partial charge is 0.0577 e. The largest absolute Gasteiger partial charge is 0.393 e. The summed E-state index contributed by atoms with van der Waals surface area (Å²) < 4.78 is 1.27. The van der Waals surface area contributed by atoms with E-state index in [1.54, 1.807) is 23.5 Å². The van der Waals surface area contributed by atoms with Crippen molar-refractivity contribution in [1.29, 1.82) is 0 Å². The minimum Gasteiger partial charge on any atom is -0.393 e. The monoisotopic (exact) mass is 372 g/mol. The Bertz CT molecular complexity index is 594. The lowest BCUT2D eigenvalue weighted by Gasteiger charge is -2.15. The first-order valence-corrected chi connectivity index (χ1v) is 10.7. The van der Waals surface area contributed by atoms with E-state index in [4.69, 9.17) is 0 Å². The van der Waals surface area contributed by atoms with Gasteiger partial charge in [0.05, 0.1) is 6.10 Å². The molecule has 1 N–H and O–H groups in total. The number of unbranched alkanes of at least 4 members (excludes halogenated alkanes) is 2. The third kappa shape index (κ3) is 7.72. The van der Waals surface area contributed by atoms with Crippen LogP contribution in [-0.4, -0.2) is 11.2 Å². The molecular weight excluding hydrogens is 344 g/mol. The molecule has 0 spiro atoms. The summed E-state index contributed by atoms with van der Waals surface area (Å²) >= 11 is 3.59. The molecule has 0 radical (unpaired) electrons. The van der Waals surface area contributed by atoms with Gasteiger partial charge in [-0.15, -0.1) is 0 Å². The van der Waals surface area contributed by atoms with Crippen molar-refractivity contribution in [2.45, 2.75) is 61.8 Å². The van der Waals surface area contributed by atoms with Crippen LogP contribution in [0.2, 0.25) is 0 Å². The van der Waals surface area contributed by atoms with Gasteiger partial charge in [0.25, 0.3) is 0 Å². The van der Waals surface area contributed by atoms with Crippen molar-refractivity contribution < 1.29 is 5.11 Å². The van der Waals surface area contributed by atoms with Gasteiger partial charge >= 0.3 is 0 Å². The van der Waals surface area contributed by atoms with Gasteiger partial charge in [0, 0.05) is 14.0 Å². The number of benzene rings is 2. The summed E-state index contributed by atoms with van der Waals surface area (Å²) in [5.41, 5.74) is 1.27. The van der Waals surface area contributed by atoms with Crippen LogP contribution in [0.3, 0.4) is 0 Å². The molecule has 2 aromatic rings. The Kier molecular flexibility index (Phi) is 9.23. The van der Waals surface area contributed by atoms with Gasteiger partial charge in [-0.05, 0) is 44.0 Å². The van der Waals surface area contributed by atoms with Crippen LogP contribution in [-0.2, 0) is 0 Å². The first-order chi connectivity index (χ1) is 12.2. The molecule has 0 aromatic heterocycles. The topological polar surface area (TPSA) is 20.2 Å². The normalized spacial score (nSPS) is 12.0. The number of rotatable bonds is 10. The highest BCUT2D eigenvalue weighted by atomic mass is 32.2. The van der Waals surface area contributed by atoms with Crippen molar-refractivity contribution in [1.82, 2.24) is 0 Å². The highest BCUT2D eigenvalue weighted by Crippen LogP contribution is 2.42. The summed E-state index contributed by atoms with van der Waals surface area (Å²) in [5, 5.41) is 10.4. The molecule has 0 saturated heterocycles. The standard InChI is InChI=1S/C22H28OS2/c1-3-4-7-12-19(23)17-18(2)22(24-20-13-8-5-9-14-20)25-21-15-10-6-11-16-21/h5-6,8-11,13-16,19,23H,3-4,7,12,17H2,1-2H3/t19-/m1/s1. The van der Waals surface area contributed by atoms with E-state index in [-0.39, 0.29) is 6.10 Å². The van der Waals surface area contributed by atoms with Gasteiger partial charge in [-0.3, -0.25) is 0 Å². The predicted molar refractivity (Wildman–Crippen MR) is 112 cm³/mol. The second kappa shape index (κ2) is 11.5. The zero-order chi connectivity index (χ0) is 17.9. The highest BCUT2D eigenvalue weighted by molar-refractivity contribution is 8.22. The van der Waals surface area contributed by atoms with Crippen molar-refractivity contribution in [2.75, 3.05) is 0 Å². The molecule has 0 fully saturated rings. The molecule has 0 bridgehead atoms. The maximum atomic E-state index is 10.4. The van der Waals surface area contributed by atoms with Gasteiger partial charge in [0.2, 0.25) is 0 Å². The van der Waals surface area contributed by atoms with Crippen molar-refractivity contribution in [3.8, 4) is 0 Å². The van der Waals surface area contributed by atoms with Crippen molar-refractivity contribution >= 4 is 23.5 Å². The lowest BCUT2D eigenvalue weighted by atomic mass is 10.1. The number of hydrogen-bond acceptors (Lipinski definition) is 3. The SMILES string of the molecule is CCCCC[C@@H](O)CC(C)=C(Sc1ccccc1)Sc1ccccc1. The third-order valence-corrected chi connectivity index (χ3v) is 6.52. The molecule has 0 unspecified atom stereocenters. The second-order valence-electron chi connectivity index (χ2n) is 6.25. The molecule has 1 atom stereocenters. The van der Waals surface area contributed by atoms with Gasteiger partial charge in [-0.1, -0.05) is 91.7 Å². The van der Waals surface area contributed by atoms with Crippen molar-refractivity contribution in [3.63, 3.8) is 0 Å². The molecule has 0 aliphatic heterocycles. The minimum atomic E-state index is -0.241. The molecule has 1 nitrogen and oxygen atoms in total. The Hall–Kier alpha value is -1.16. The predicted octanol–water partition coefficient (Wildman–Crippen LogP) is 7.13. The fourth-order valence-corrected chi connectivity index (χ4v) is 4.83. The lowest BCUT2D eigenvalue weighted by Crippen LogP contribution is -2.07. The summed E-state index contributed by atoms with van der Waals surface area (Å²) in [5.74, 6) is 0. The molecule has 0 heterocycles. The van der Waals surface area contributed by atoms with Gasteiger partial charge in [0.15, 0.2) is 0 Å². The Labute approximate surface area is 160 Å². The van der Waals surface area contributed by atoms with Crippen LogP contribution in [0.15, 0.2) is 80.3 Å². The van der Waals surface area contributed by atoms with Gasteiger partial charge < -0.3 is 5.11 Å². The maximum absolute atomic E-state index is 10.4. The zero-order valence-corrected chi connectivity index (χ0v) is 16.8. The third-order valence-electron chi connectivity index (χ3n) is 3.94. The highest BCUT2D eigenvalue weighted by Gasteiger charge is 2.12. The van der Waals surface area contributed by atoms with E-state index >= 15 is 0 Å². The Morgan fingerprint density at radius 2 is 1.40 bits per heavy atom. The van der Waals surface area contributed by atoms with Gasteiger partial charge in [-0.2, -0.15) is 0 Å². The number of hydrogen-bond donors (Lipinski definition) is 1. The summed E-state index contributed by atoms with van der Waals surface area (Å²) in [6, 6.07) is 20.9. The Balaban J connectivity index is 2.10. The van der Waals surface area contributed by atoms with Crippen molar-refractivity contribution in [2.24, 2.45) is 0 Å². The molecule has 25 heavy (non-hydrogen) atoms. The number of thioether (sulfide) groups is 2. The van der Waals surface area contributed by atoms with Crippen LogP contribution < -0.4 is 0 Å². The quantitative estimate of drug-likeness (QED) is 0.354. The first kappa shape index (κ1) is 20.2. The first-order valence-electron chi connectivity index (χ1n) is 9.02. The van der Waals surface area contributed by atoms with E-state index < -0.39 is 0 Å². The number of aliphatic hydroxyl groups is 1. The fourth-order valence-electron chi connectivity index (χ4n) is 2.56. The fraction of sp³-hybridized carbons (Fsp3) is 0.364. The molecule has 0 aliphatic carbocycles. The van der Waals surface area contributed by atoms with E-state index in [0.717, 1.165) is 19.3 Å². The summed E-state index contributed by atoms with van der Waals surface area (Å²) in [7, 11) is 0. The van der Waals surface area contributed by atoms with E-state index in [0.29, 0.717) is 0 Å². The average Bonchev–Trinajstić information content (AvgIpc) is 2.63. The van der Waals surface area contributed by atoms with Crippen molar-refractivity contribution in [3.05, 3.63) is 70.5 Å². The molecule has 3 heteroatoms. The minimum absolute atomic E-state index is 0.241. The van der Waals surface area contributed by atoms with Crippen LogP contribution in [0.25, 0.3) is 0 Å². The number of aliphatic hydroxyl groups excluding tert-OH is 1. The summed E-state index contributed by atoms with van der Waals surface area (Å²) in [6.45, 7) is 4.35. The van der Waals surface area contributed by atoms with E-state index in [1.807, 2.05) is 12.1 Å². The maximum Gasteiger partial charge on any atom is 0.0577 e.